The minimum atomic E-state index is -4.46. The smallest absolute Gasteiger partial charge is 0.310 e. The molecule has 112 valence electrons. The minimum absolute atomic E-state index is 0.128. The van der Waals surface area contributed by atoms with Gasteiger partial charge >= 0.3 is 6.18 Å². The highest BCUT2D eigenvalue weighted by Gasteiger charge is 2.32. The third kappa shape index (κ3) is 3.54. The van der Waals surface area contributed by atoms with Gasteiger partial charge in [0.1, 0.15) is 0 Å². The van der Waals surface area contributed by atoms with Crippen molar-refractivity contribution in [1.29, 1.82) is 0 Å². The van der Waals surface area contributed by atoms with Crippen molar-refractivity contribution in [3.63, 3.8) is 0 Å². The Labute approximate surface area is 120 Å². The maximum Gasteiger partial charge on any atom is 0.417 e. The lowest BCUT2D eigenvalue weighted by Gasteiger charge is -2.15. The van der Waals surface area contributed by atoms with Crippen molar-refractivity contribution in [3.05, 3.63) is 69.6 Å². The number of halogens is 3. The molecular formula is C16H16F3NO. The lowest BCUT2D eigenvalue weighted by atomic mass is 10.0. The van der Waals surface area contributed by atoms with Crippen LogP contribution in [0.2, 0.25) is 0 Å². The molecule has 0 aliphatic heterocycles. The molecule has 0 saturated carbocycles. The fourth-order valence-electron chi connectivity index (χ4n) is 2.13. The second-order valence-electron chi connectivity index (χ2n) is 5.26. The van der Waals surface area contributed by atoms with Gasteiger partial charge in [-0.3, -0.25) is 4.79 Å². The van der Waals surface area contributed by atoms with Gasteiger partial charge in [-0.15, -0.1) is 0 Å². The third-order valence-electron chi connectivity index (χ3n) is 3.26. The third-order valence-corrected chi connectivity index (χ3v) is 3.26. The van der Waals surface area contributed by atoms with Gasteiger partial charge < -0.3 is 4.57 Å². The topological polar surface area (TPSA) is 22.0 Å². The minimum Gasteiger partial charge on any atom is -0.310 e. The van der Waals surface area contributed by atoms with Crippen LogP contribution in [0, 0.1) is 0 Å². The summed E-state index contributed by atoms with van der Waals surface area (Å²) < 4.78 is 40.0. The molecule has 0 saturated heterocycles. The fraction of sp³-hybridized carbons (Fsp3) is 0.312. The summed E-state index contributed by atoms with van der Waals surface area (Å²) in [4.78, 5) is 12.3. The maximum absolute atomic E-state index is 13.0. The first kappa shape index (κ1) is 15.4. The molecular weight excluding hydrogens is 279 g/mol. The Bertz CT molecular complexity index is 672. The zero-order valence-electron chi connectivity index (χ0n) is 11.8. The van der Waals surface area contributed by atoms with Gasteiger partial charge in [0, 0.05) is 11.8 Å². The van der Waals surface area contributed by atoms with Crippen molar-refractivity contribution in [2.45, 2.75) is 32.5 Å². The molecule has 0 aliphatic rings. The Kier molecular flexibility index (Phi) is 4.21. The molecule has 0 atom stereocenters. The van der Waals surface area contributed by atoms with Crippen LogP contribution in [0.1, 0.15) is 36.5 Å². The molecule has 1 heterocycles. The summed E-state index contributed by atoms with van der Waals surface area (Å²) in [5.41, 5.74) is -0.196. The molecule has 0 fully saturated rings. The Hall–Kier alpha value is -2.04. The SMILES string of the molecule is CC(C)c1cc(C(F)(F)F)cn(Cc2ccccc2)c1=O. The molecule has 2 nitrogen and oxygen atoms in total. The number of hydrogen-bond donors (Lipinski definition) is 0. The van der Waals surface area contributed by atoms with E-state index in [4.69, 9.17) is 0 Å². The summed E-state index contributed by atoms with van der Waals surface area (Å²) >= 11 is 0. The van der Waals surface area contributed by atoms with E-state index in [1.807, 2.05) is 6.07 Å². The number of alkyl halides is 3. The van der Waals surface area contributed by atoms with Gasteiger partial charge in [-0.1, -0.05) is 44.2 Å². The Morgan fingerprint density at radius 2 is 1.76 bits per heavy atom. The van der Waals surface area contributed by atoms with E-state index in [0.717, 1.165) is 22.4 Å². The van der Waals surface area contributed by atoms with Crippen LogP contribution in [-0.4, -0.2) is 4.57 Å². The van der Waals surface area contributed by atoms with E-state index in [-0.39, 0.29) is 23.6 Å². The van der Waals surface area contributed by atoms with E-state index in [2.05, 4.69) is 0 Å². The molecule has 1 aromatic heterocycles. The highest BCUT2D eigenvalue weighted by atomic mass is 19.4. The molecule has 2 rings (SSSR count). The largest absolute Gasteiger partial charge is 0.417 e. The van der Waals surface area contributed by atoms with E-state index >= 15 is 0 Å². The zero-order valence-corrected chi connectivity index (χ0v) is 11.8. The first-order valence-electron chi connectivity index (χ1n) is 6.64. The van der Waals surface area contributed by atoms with Crippen LogP contribution in [0.25, 0.3) is 0 Å². The van der Waals surface area contributed by atoms with Crippen LogP contribution in [0.4, 0.5) is 13.2 Å². The van der Waals surface area contributed by atoms with Crippen LogP contribution in [0.15, 0.2) is 47.4 Å². The summed E-state index contributed by atoms with van der Waals surface area (Å²) in [5.74, 6) is -0.262. The normalized spacial score (nSPS) is 11.9. The highest BCUT2D eigenvalue weighted by molar-refractivity contribution is 5.25. The highest BCUT2D eigenvalue weighted by Crippen LogP contribution is 2.30. The first-order valence-corrected chi connectivity index (χ1v) is 6.64. The lowest BCUT2D eigenvalue weighted by molar-refractivity contribution is -0.138. The van der Waals surface area contributed by atoms with Gasteiger partial charge in [-0.25, -0.2) is 0 Å². The first-order chi connectivity index (χ1) is 9.79. The number of pyridine rings is 1. The summed E-state index contributed by atoms with van der Waals surface area (Å²) in [6.07, 6.45) is -3.57. The van der Waals surface area contributed by atoms with Crippen LogP contribution in [-0.2, 0) is 12.7 Å². The molecule has 0 bridgehead atoms. The standard InChI is InChI=1S/C16H16F3NO/c1-11(2)14-8-13(16(17,18)19)10-20(15(14)21)9-12-6-4-3-5-7-12/h3-8,10-11H,9H2,1-2H3. The average Bonchev–Trinajstić information content (AvgIpc) is 2.40. The quantitative estimate of drug-likeness (QED) is 0.837. The van der Waals surface area contributed by atoms with E-state index in [1.165, 1.54) is 0 Å². The number of benzene rings is 1. The van der Waals surface area contributed by atoms with E-state index < -0.39 is 11.7 Å². The molecule has 0 radical (unpaired) electrons. The molecule has 0 aliphatic carbocycles. The summed E-state index contributed by atoms with van der Waals surface area (Å²) in [5, 5.41) is 0. The van der Waals surface area contributed by atoms with Crippen molar-refractivity contribution in [3.8, 4) is 0 Å². The van der Waals surface area contributed by atoms with E-state index in [1.54, 1.807) is 38.1 Å². The Morgan fingerprint density at radius 3 is 2.29 bits per heavy atom. The van der Waals surface area contributed by atoms with Crippen molar-refractivity contribution < 1.29 is 13.2 Å². The number of rotatable bonds is 3. The summed E-state index contributed by atoms with van der Waals surface area (Å²) in [6, 6.07) is 9.91. The fourth-order valence-corrected chi connectivity index (χ4v) is 2.13. The predicted octanol–water partition coefficient (Wildman–Crippen LogP) is 4.04. The van der Waals surface area contributed by atoms with E-state index in [0.29, 0.717) is 0 Å². The molecule has 5 heteroatoms. The molecule has 21 heavy (non-hydrogen) atoms. The number of aromatic nitrogens is 1. The van der Waals surface area contributed by atoms with Crippen molar-refractivity contribution in [2.75, 3.05) is 0 Å². The molecule has 0 amide bonds. The molecule has 0 spiro atoms. The Balaban J connectivity index is 2.54. The monoisotopic (exact) mass is 295 g/mol. The predicted molar refractivity (Wildman–Crippen MR) is 75.3 cm³/mol. The zero-order chi connectivity index (χ0) is 15.6. The average molecular weight is 295 g/mol. The second-order valence-corrected chi connectivity index (χ2v) is 5.26. The van der Waals surface area contributed by atoms with Crippen LogP contribution in [0.5, 0.6) is 0 Å². The van der Waals surface area contributed by atoms with Crippen LogP contribution >= 0.6 is 0 Å². The maximum atomic E-state index is 13.0. The van der Waals surface area contributed by atoms with Gasteiger partial charge in [0.15, 0.2) is 0 Å². The van der Waals surface area contributed by atoms with Crippen LogP contribution < -0.4 is 5.56 Å². The number of nitrogens with zero attached hydrogens (tertiary/aromatic N) is 1. The van der Waals surface area contributed by atoms with Gasteiger partial charge in [-0.2, -0.15) is 13.2 Å². The molecule has 0 N–H and O–H groups in total. The second kappa shape index (κ2) is 5.76. The van der Waals surface area contributed by atoms with Gasteiger partial charge in [-0.05, 0) is 17.5 Å². The molecule has 1 aromatic carbocycles. The van der Waals surface area contributed by atoms with Crippen molar-refractivity contribution in [2.24, 2.45) is 0 Å². The van der Waals surface area contributed by atoms with Crippen molar-refractivity contribution >= 4 is 0 Å². The number of hydrogen-bond acceptors (Lipinski definition) is 1. The molecule has 0 unspecified atom stereocenters. The summed E-state index contributed by atoms with van der Waals surface area (Å²) in [6.45, 7) is 3.55. The van der Waals surface area contributed by atoms with Crippen LogP contribution in [0.3, 0.4) is 0 Å². The van der Waals surface area contributed by atoms with E-state index in [9.17, 15) is 18.0 Å². The Morgan fingerprint density at radius 1 is 1.14 bits per heavy atom. The lowest BCUT2D eigenvalue weighted by Crippen LogP contribution is -2.27. The van der Waals surface area contributed by atoms with Gasteiger partial charge in [0.05, 0.1) is 12.1 Å². The van der Waals surface area contributed by atoms with Crippen molar-refractivity contribution in [1.82, 2.24) is 4.57 Å². The van der Waals surface area contributed by atoms with Gasteiger partial charge in [0.2, 0.25) is 0 Å². The summed E-state index contributed by atoms with van der Waals surface area (Å²) in [7, 11) is 0. The van der Waals surface area contributed by atoms with Gasteiger partial charge in [0.25, 0.3) is 5.56 Å². The molecule has 2 aromatic rings.